The van der Waals surface area contributed by atoms with Gasteiger partial charge in [0, 0.05) is 22.2 Å². The van der Waals surface area contributed by atoms with Gasteiger partial charge in [-0.15, -0.1) is 0 Å². The highest BCUT2D eigenvalue weighted by Crippen LogP contribution is 2.21. The number of halogens is 2. The zero-order valence-corrected chi connectivity index (χ0v) is 15.1. The Balaban J connectivity index is 1.77. The predicted octanol–water partition coefficient (Wildman–Crippen LogP) is 4.86. The summed E-state index contributed by atoms with van der Waals surface area (Å²) >= 11 is 12.0. The molecule has 1 aromatic heterocycles. The van der Waals surface area contributed by atoms with Crippen molar-refractivity contribution in [1.29, 1.82) is 5.26 Å². The van der Waals surface area contributed by atoms with Crippen LogP contribution in [0.2, 0.25) is 10.0 Å². The van der Waals surface area contributed by atoms with E-state index < -0.39 is 0 Å². The first-order valence-corrected chi connectivity index (χ1v) is 8.52. The second-order valence-corrected chi connectivity index (χ2v) is 6.36. The van der Waals surface area contributed by atoms with Crippen LogP contribution in [0, 0.1) is 11.3 Å². The Morgan fingerprint density at radius 2 is 1.88 bits per heavy atom. The quantitative estimate of drug-likeness (QED) is 0.701. The molecule has 0 radical (unpaired) electrons. The first kappa shape index (κ1) is 17.9. The molecule has 1 N–H and O–H groups in total. The smallest absolute Gasteiger partial charge is 0.270 e. The highest BCUT2D eigenvalue weighted by molar-refractivity contribution is 6.35. The van der Waals surface area contributed by atoms with Gasteiger partial charge in [0.05, 0.1) is 17.3 Å². The fraction of sp³-hybridized carbons (Fsp3) is 0.0500. The van der Waals surface area contributed by atoms with Crippen LogP contribution in [0.15, 0.2) is 60.7 Å². The molecule has 0 unspecified atom stereocenters. The van der Waals surface area contributed by atoms with Gasteiger partial charge >= 0.3 is 0 Å². The summed E-state index contributed by atoms with van der Waals surface area (Å²) in [7, 11) is 0. The third-order valence-electron chi connectivity index (χ3n) is 3.72. The highest BCUT2D eigenvalue weighted by atomic mass is 35.5. The van der Waals surface area contributed by atoms with Crippen LogP contribution in [0.4, 0.5) is 0 Å². The molecule has 0 atom stereocenters. The maximum Gasteiger partial charge on any atom is 0.270 e. The summed E-state index contributed by atoms with van der Waals surface area (Å²) in [4.78, 5) is 16.8. The van der Waals surface area contributed by atoms with Crippen molar-refractivity contribution in [1.82, 2.24) is 10.3 Å². The average molecular weight is 382 g/mol. The minimum absolute atomic E-state index is 0.269. The molecule has 0 bridgehead atoms. The first-order chi connectivity index (χ1) is 12.6. The van der Waals surface area contributed by atoms with Crippen molar-refractivity contribution in [3.05, 3.63) is 87.5 Å². The van der Waals surface area contributed by atoms with Gasteiger partial charge in [-0.25, -0.2) is 4.98 Å². The van der Waals surface area contributed by atoms with Gasteiger partial charge in [-0.2, -0.15) is 5.26 Å². The molecular weight excluding hydrogens is 369 g/mol. The number of amides is 1. The van der Waals surface area contributed by atoms with Gasteiger partial charge in [-0.3, -0.25) is 4.79 Å². The van der Waals surface area contributed by atoms with E-state index in [1.165, 1.54) is 0 Å². The number of aromatic nitrogens is 1. The molecular formula is C20H13Cl2N3O. The van der Waals surface area contributed by atoms with Crippen LogP contribution in [0.3, 0.4) is 0 Å². The lowest BCUT2D eigenvalue weighted by Gasteiger charge is -2.08. The number of hydrogen-bond acceptors (Lipinski definition) is 3. The maximum atomic E-state index is 12.4. The van der Waals surface area contributed by atoms with Crippen LogP contribution in [0.1, 0.15) is 21.6 Å². The van der Waals surface area contributed by atoms with Crippen molar-refractivity contribution in [3.63, 3.8) is 0 Å². The van der Waals surface area contributed by atoms with E-state index in [2.05, 4.69) is 16.4 Å². The topological polar surface area (TPSA) is 65.8 Å². The molecule has 1 amide bonds. The Bertz CT molecular complexity index is 1010. The fourth-order valence-electron chi connectivity index (χ4n) is 2.40. The largest absolute Gasteiger partial charge is 0.347 e. The molecule has 0 aliphatic carbocycles. The van der Waals surface area contributed by atoms with E-state index in [1.807, 2.05) is 6.07 Å². The molecule has 1 heterocycles. The molecule has 0 fully saturated rings. The average Bonchev–Trinajstić information content (AvgIpc) is 2.67. The molecule has 2 aromatic carbocycles. The summed E-state index contributed by atoms with van der Waals surface area (Å²) < 4.78 is 0. The first-order valence-electron chi connectivity index (χ1n) is 7.76. The summed E-state index contributed by atoms with van der Waals surface area (Å²) in [5.74, 6) is -0.311. The zero-order chi connectivity index (χ0) is 18.5. The minimum atomic E-state index is -0.311. The van der Waals surface area contributed by atoms with E-state index >= 15 is 0 Å². The van der Waals surface area contributed by atoms with Crippen molar-refractivity contribution in [3.8, 4) is 17.3 Å². The number of pyridine rings is 1. The highest BCUT2D eigenvalue weighted by Gasteiger charge is 2.10. The zero-order valence-electron chi connectivity index (χ0n) is 13.5. The van der Waals surface area contributed by atoms with E-state index in [4.69, 9.17) is 28.5 Å². The summed E-state index contributed by atoms with van der Waals surface area (Å²) in [5.41, 5.74) is 2.99. The normalized spacial score (nSPS) is 10.2. The molecule has 0 aliphatic rings. The molecule has 0 saturated heterocycles. The van der Waals surface area contributed by atoms with Gasteiger partial charge in [0.25, 0.3) is 5.91 Å². The SMILES string of the molecule is N#Cc1cccc(-c2cccc(C(=O)NCc3ccc(Cl)cc3Cl)n2)c1. The monoisotopic (exact) mass is 381 g/mol. The number of nitrogens with one attached hydrogen (secondary N) is 1. The third kappa shape index (κ3) is 4.20. The third-order valence-corrected chi connectivity index (χ3v) is 4.31. The van der Waals surface area contributed by atoms with Crippen LogP contribution in [0.25, 0.3) is 11.3 Å². The molecule has 6 heteroatoms. The number of rotatable bonds is 4. The number of carbonyl (C=O) groups is 1. The second kappa shape index (κ2) is 8.01. The van der Waals surface area contributed by atoms with Crippen molar-refractivity contribution in [2.75, 3.05) is 0 Å². The van der Waals surface area contributed by atoms with Crippen LogP contribution in [0.5, 0.6) is 0 Å². The van der Waals surface area contributed by atoms with Gasteiger partial charge < -0.3 is 5.32 Å². The number of hydrogen-bond donors (Lipinski definition) is 1. The van der Waals surface area contributed by atoms with Crippen LogP contribution in [-0.4, -0.2) is 10.9 Å². The standard InChI is InChI=1S/C20H13Cl2N3O/c21-16-8-7-15(17(22)10-16)12-24-20(26)19-6-2-5-18(25-19)14-4-1-3-13(9-14)11-23/h1-10H,12H2,(H,24,26). The molecule has 128 valence electrons. The Labute approximate surface area is 161 Å². The molecule has 0 saturated carbocycles. The Morgan fingerprint density at radius 3 is 2.65 bits per heavy atom. The summed E-state index contributed by atoms with van der Waals surface area (Å²) in [6.45, 7) is 0.269. The second-order valence-electron chi connectivity index (χ2n) is 5.52. The minimum Gasteiger partial charge on any atom is -0.347 e. The Hall–Kier alpha value is -2.87. The van der Waals surface area contributed by atoms with E-state index in [1.54, 1.807) is 54.6 Å². The van der Waals surface area contributed by atoms with Crippen molar-refractivity contribution in [2.45, 2.75) is 6.54 Å². The lowest BCUT2D eigenvalue weighted by molar-refractivity contribution is 0.0946. The van der Waals surface area contributed by atoms with E-state index in [0.29, 0.717) is 21.3 Å². The predicted molar refractivity (Wildman–Crippen MR) is 102 cm³/mol. The molecule has 26 heavy (non-hydrogen) atoms. The number of benzene rings is 2. The van der Waals surface area contributed by atoms with E-state index in [-0.39, 0.29) is 18.1 Å². The van der Waals surface area contributed by atoms with Gasteiger partial charge in [0.15, 0.2) is 0 Å². The lowest BCUT2D eigenvalue weighted by Crippen LogP contribution is -2.24. The summed E-state index contributed by atoms with van der Waals surface area (Å²) in [5, 5.41) is 12.8. The fourth-order valence-corrected chi connectivity index (χ4v) is 2.88. The Morgan fingerprint density at radius 1 is 1.08 bits per heavy atom. The van der Waals surface area contributed by atoms with Crippen molar-refractivity contribution < 1.29 is 4.79 Å². The molecule has 0 aliphatic heterocycles. The summed E-state index contributed by atoms with van der Waals surface area (Å²) in [6.07, 6.45) is 0. The van der Waals surface area contributed by atoms with E-state index in [0.717, 1.165) is 11.1 Å². The number of carbonyl (C=O) groups excluding carboxylic acids is 1. The van der Waals surface area contributed by atoms with Gasteiger partial charge in [-0.05, 0) is 42.0 Å². The number of nitrogens with zero attached hydrogens (tertiary/aromatic N) is 2. The maximum absolute atomic E-state index is 12.4. The van der Waals surface area contributed by atoms with Crippen molar-refractivity contribution in [2.24, 2.45) is 0 Å². The van der Waals surface area contributed by atoms with Crippen LogP contribution in [-0.2, 0) is 6.54 Å². The summed E-state index contributed by atoms with van der Waals surface area (Å²) in [6, 6.07) is 19.5. The van der Waals surface area contributed by atoms with Gasteiger partial charge in [0.2, 0.25) is 0 Å². The lowest BCUT2D eigenvalue weighted by atomic mass is 10.1. The molecule has 3 rings (SSSR count). The van der Waals surface area contributed by atoms with Crippen LogP contribution < -0.4 is 5.32 Å². The number of nitriles is 1. The Kier molecular flexibility index (Phi) is 5.52. The van der Waals surface area contributed by atoms with E-state index in [9.17, 15) is 4.79 Å². The van der Waals surface area contributed by atoms with Gasteiger partial charge in [-0.1, -0.05) is 47.5 Å². The van der Waals surface area contributed by atoms with Crippen molar-refractivity contribution >= 4 is 29.1 Å². The van der Waals surface area contributed by atoms with Gasteiger partial charge in [0.1, 0.15) is 5.69 Å². The molecule has 0 spiro atoms. The van der Waals surface area contributed by atoms with Crippen LogP contribution >= 0.6 is 23.2 Å². The molecule has 4 nitrogen and oxygen atoms in total. The molecule has 3 aromatic rings.